The molecule has 3 heterocycles. The average molecular weight is 234 g/mol. The quantitative estimate of drug-likeness (QED) is 0.806. The molecule has 1 saturated heterocycles. The van der Waals surface area contributed by atoms with Crippen LogP contribution in [-0.4, -0.2) is 36.0 Å². The number of fused-ring (bicyclic) bond motifs is 1. The number of rotatable bonds is 3. The van der Waals surface area contributed by atoms with E-state index in [0.29, 0.717) is 6.10 Å². The summed E-state index contributed by atoms with van der Waals surface area (Å²) >= 11 is 0. The predicted molar refractivity (Wildman–Crippen MR) is 64.9 cm³/mol. The minimum absolute atomic E-state index is 0.342. The zero-order valence-corrected chi connectivity index (χ0v) is 9.91. The Hall–Kier alpha value is -1.20. The molecule has 0 bridgehead atoms. The number of anilines is 1. The summed E-state index contributed by atoms with van der Waals surface area (Å²) < 4.78 is 5.57. The van der Waals surface area contributed by atoms with Gasteiger partial charge in [0.25, 0.3) is 0 Å². The molecule has 2 aliphatic heterocycles. The van der Waals surface area contributed by atoms with Crippen LogP contribution in [0.4, 0.5) is 5.82 Å². The van der Waals surface area contributed by atoms with Crippen LogP contribution in [0.2, 0.25) is 0 Å². The van der Waals surface area contributed by atoms with Crippen LogP contribution in [0, 0.1) is 0 Å². The summed E-state index contributed by atoms with van der Waals surface area (Å²) in [6.07, 6.45) is 3.71. The van der Waals surface area contributed by atoms with E-state index in [2.05, 4.69) is 26.9 Å². The number of ether oxygens (including phenoxy) is 1. The number of nitrogens with one attached hydrogen (secondary N) is 2. The van der Waals surface area contributed by atoms with Crippen molar-refractivity contribution in [1.29, 1.82) is 0 Å². The molecule has 92 valence electrons. The summed E-state index contributed by atoms with van der Waals surface area (Å²) in [6.45, 7) is 3.61. The molecule has 1 atom stereocenters. The summed E-state index contributed by atoms with van der Waals surface area (Å²) in [6, 6.07) is 2.12. The van der Waals surface area contributed by atoms with Gasteiger partial charge in [0, 0.05) is 19.7 Å². The monoisotopic (exact) mass is 234 g/mol. The Bertz CT molecular complexity index is 390. The lowest BCUT2D eigenvalue weighted by molar-refractivity contribution is 0.120. The van der Waals surface area contributed by atoms with Crippen molar-refractivity contribution in [1.82, 2.24) is 15.5 Å². The minimum Gasteiger partial charge on any atom is -0.376 e. The van der Waals surface area contributed by atoms with Gasteiger partial charge in [-0.05, 0) is 37.4 Å². The van der Waals surface area contributed by atoms with Crippen LogP contribution in [0.3, 0.4) is 0 Å². The molecule has 0 amide bonds. The molecule has 3 rings (SSSR count). The molecule has 1 aromatic heterocycles. The van der Waals surface area contributed by atoms with Crippen molar-refractivity contribution >= 4 is 5.82 Å². The third-order valence-electron chi connectivity index (χ3n) is 3.36. The zero-order chi connectivity index (χ0) is 11.5. The second-order valence-corrected chi connectivity index (χ2v) is 4.64. The zero-order valence-electron chi connectivity index (χ0n) is 9.91. The Morgan fingerprint density at radius 1 is 1.47 bits per heavy atom. The highest BCUT2D eigenvalue weighted by molar-refractivity contribution is 5.39. The molecule has 0 aromatic carbocycles. The second kappa shape index (κ2) is 4.98. The van der Waals surface area contributed by atoms with Crippen molar-refractivity contribution in [2.45, 2.75) is 31.9 Å². The molecule has 17 heavy (non-hydrogen) atoms. The predicted octanol–water partition coefficient (Wildman–Crippen LogP) is 0.713. The lowest BCUT2D eigenvalue weighted by atomic mass is 10.1. The Labute approximate surface area is 101 Å². The Balaban J connectivity index is 1.62. The van der Waals surface area contributed by atoms with Gasteiger partial charge in [-0.15, -0.1) is 5.10 Å². The van der Waals surface area contributed by atoms with Crippen molar-refractivity contribution < 1.29 is 4.74 Å². The molecule has 0 spiro atoms. The maximum absolute atomic E-state index is 5.57. The normalized spacial score (nSPS) is 23.4. The first-order valence-corrected chi connectivity index (χ1v) is 6.33. The summed E-state index contributed by atoms with van der Waals surface area (Å²) in [5, 5.41) is 15.1. The van der Waals surface area contributed by atoms with Gasteiger partial charge in [0.1, 0.15) is 5.82 Å². The van der Waals surface area contributed by atoms with Crippen molar-refractivity contribution in [3.63, 3.8) is 0 Å². The second-order valence-electron chi connectivity index (χ2n) is 4.64. The van der Waals surface area contributed by atoms with Gasteiger partial charge < -0.3 is 15.4 Å². The van der Waals surface area contributed by atoms with Crippen LogP contribution in [0.25, 0.3) is 0 Å². The topological polar surface area (TPSA) is 59.1 Å². The number of nitrogens with zero attached hydrogens (tertiary/aromatic N) is 2. The molecule has 5 heteroatoms. The number of aromatic nitrogens is 2. The summed E-state index contributed by atoms with van der Waals surface area (Å²) in [5.74, 6) is 0.876. The van der Waals surface area contributed by atoms with Crippen LogP contribution in [0.5, 0.6) is 0 Å². The highest BCUT2D eigenvalue weighted by Crippen LogP contribution is 2.16. The molecule has 2 N–H and O–H groups in total. The van der Waals surface area contributed by atoms with Gasteiger partial charge in [0.15, 0.2) is 0 Å². The molecule has 2 aliphatic rings. The van der Waals surface area contributed by atoms with E-state index in [0.717, 1.165) is 50.6 Å². The van der Waals surface area contributed by atoms with Crippen molar-refractivity contribution in [3.8, 4) is 0 Å². The van der Waals surface area contributed by atoms with E-state index in [9.17, 15) is 0 Å². The maximum atomic E-state index is 5.57. The number of hydrogen-bond acceptors (Lipinski definition) is 5. The highest BCUT2D eigenvalue weighted by atomic mass is 16.5. The third kappa shape index (κ3) is 2.56. The Morgan fingerprint density at radius 2 is 2.47 bits per heavy atom. The van der Waals surface area contributed by atoms with E-state index in [1.165, 1.54) is 12.0 Å². The fourth-order valence-electron chi connectivity index (χ4n) is 2.36. The van der Waals surface area contributed by atoms with Gasteiger partial charge in [-0.2, -0.15) is 5.10 Å². The molecular weight excluding hydrogens is 216 g/mol. The van der Waals surface area contributed by atoms with Gasteiger partial charge >= 0.3 is 0 Å². The van der Waals surface area contributed by atoms with E-state index in [-0.39, 0.29) is 0 Å². The molecular formula is C12H18N4O. The van der Waals surface area contributed by atoms with Crippen molar-refractivity contribution in [2.75, 3.05) is 25.0 Å². The molecule has 0 saturated carbocycles. The van der Waals surface area contributed by atoms with Crippen LogP contribution >= 0.6 is 0 Å². The largest absolute Gasteiger partial charge is 0.376 e. The fourth-order valence-corrected chi connectivity index (χ4v) is 2.36. The standard InChI is InChI=1S/C12H18N4O/c1-2-10(17-5-1)7-14-12-6-9-3-4-13-8-11(9)15-16-12/h6,10,13H,1-5,7-8H2,(H,14,16). The molecule has 1 aromatic rings. The van der Waals surface area contributed by atoms with E-state index >= 15 is 0 Å². The molecule has 0 aliphatic carbocycles. The fraction of sp³-hybridized carbons (Fsp3) is 0.667. The summed E-state index contributed by atoms with van der Waals surface area (Å²) in [7, 11) is 0. The summed E-state index contributed by atoms with van der Waals surface area (Å²) in [4.78, 5) is 0. The van der Waals surface area contributed by atoms with Gasteiger partial charge in [-0.3, -0.25) is 0 Å². The van der Waals surface area contributed by atoms with E-state index in [1.807, 2.05) is 0 Å². The van der Waals surface area contributed by atoms with Crippen molar-refractivity contribution in [2.24, 2.45) is 0 Å². The van der Waals surface area contributed by atoms with Gasteiger partial charge in [0.05, 0.1) is 11.8 Å². The SMILES string of the molecule is c1c(NCC2CCCO2)nnc2c1CCNC2. The maximum Gasteiger partial charge on any atom is 0.149 e. The minimum atomic E-state index is 0.342. The van der Waals surface area contributed by atoms with Gasteiger partial charge in [0.2, 0.25) is 0 Å². The van der Waals surface area contributed by atoms with Gasteiger partial charge in [-0.25, -0.2) is 0 Å². The lowest BCUT2D eigenvalue weighted by Crippen LogP contribution is -2.26. The lowest BCUT2D eigenvalue weighted by Gasteiger charge is -2.17. The Kier molecular flexibility index (Phi) is 3.20. The van der Waals surface area contributed by atoms with E-state index in [1.54, 1.807) is 0 Å². The smallest absolute Gasteiger partial charge is 0.149 e. The summed E-state index contributed by atoms with van der Waals surface area (Å²) in [5.41, 5.74) is 2.40. The van der Waals surface area contributed by atoms with Crippen LogP contribution < -0.4 is 10.6 Å². The highest BCUT2D eigenvalue weighted by Gasteiger charge is 2.16. The van der Waals surface area contributed by atoms with Gasteiger partial charge in [-0.1, -0.05) is 0 Å². The molecule has 1 fully saturated rings. The Morgan fingerprint density at radius 3 is 3.35 bits per heavy atom. The van der Waals surface area contributed by atoms with Crippen molar-refractivity contribution in [3.05, 3.63) is 17.3 Å². The van der Waals surface area contributed by atoms with E-state index < -0.39 is 0 Å². The first kappa shape index (κ1) is 10.9. The first-order chi connectivity index (χ1) is 8.42. The molecule has 1 unspecified atom stereocenters. The van der Waals surface area contributed by atoms with Crippen LogP contribution in [-0.2, 0) is 17.7 Å². The first-order valence-electron chi connectivity index (χ1n) is 6.33. The third-order valence-corrected chi connectivity index (χ3v) is 3.36. The van der Waals surface area contributed by atoms with E-state index in [4.69, 9.17) is 4.74 Å². The average Bonchev–Trinajstić information content (AvgIpc) is 2.89. The molecule has 0 radical (unpaired) electrons. The molecule has 5 nitrogen and oxygen atoms in total. The van der Waals surface area contributed by atoms with Crippen LogP contribution in [0.15, 0.2) is 6.07 Å². The van der Waals surface area contributed by atoms with Crippen LogP contribution in [0.1, 0.15) is 24.1 Å². The number of hydrogen-bond donors (Lipinski definition) is 2.